The number of allylic oxidation sites excluding steroid dienone is 1. The Morgan fingerprint density at radius 2 is 1.57 bits per heavy atom. The number of nitrogens with zero attached hydrogens (tertiary/aromatic N) is 2. The molecule has 0 fully saturated rings. The molecule has 1 aromatic carbocycles. The summed E-state index contributed by atoms with van der Waals surface area (Å²) in [5.41, 5.74) is -3.85. The van der Waals surface area contributed by atoms with Gasteiger partial charge in [-0.25, -0.2) is 9.97 Å². The summed E-state index contributed by atoms with van der Waals surface area (Å²) in [6.45, 7) is 2.20. The van der Waals surface area contributed by atoms with E-state index in [9.17, 15) is 21.6 Å². The van der Waals surface area contributed by atoms with Crippen LogP contribution in [0.25, 0.3) is 17.5 Å². The van der Waals surface area contributed by atoms with E-state index < -0.39 is 21.4 Å². The van der Waals surface area contributed by atoms with Gasteiger partial charge in [-0.15, -0.1) is 0 Å². The highest BCUT2D eigenvalue weighted by molar-refractivity contribution is 7.87. The summed E-state index contributed by atoms with van der Waals surface area (Å²) in [5, 5.41) is 0. The van der Waals surface area contributed by atoms with Gasteiger partial charge in [-0.05, 0) is 18.4 Å². The molecule has 0 amide bonds. The van der Waals surface area contributed by atoms with E-state index in [2.05, 4.69) is 27.2 Å². The van der Waals surface area contributed by atoms with E-state index >= 15 is 0 Å². The SMILES string of the molecule is CCCCCCCC/C=C/c1ccc(-c2ncc(OS(=O)(=O)C(F)(F)F)cn2)cc1. The van der Waals surface area contributed by atoms with Crippen molar-refractivity contribution >= 4 is 16.2 Å². The molecule has 2 rings (SSSR count). The molecule has 1 heterocycles. The fraction of sp³-hybridized carbons (Fsp3) is 0.429. The number of rotatable bonds is 11. The van der Waals surface area contributed by atoms with Crippen LogP contribution in [0.2, 0.25) is 0 Å². The molecule has 0 spiro atoms. The number of hydrogen-bond acceptors (Lipinski definition) is 5. The Kier molecular flexibility index (Phi) is 8.83. The first-order valence-corrected chi connectivity index (χ1v) is 11.2. The first-order valence-electron chi connectivity index (χ1n) is 9.82. The van der Waals surface area contributed by atoms with Crippen LogP contribution in [0, 0.1) is 0 Å². The second-order valence-corrected chi connectivity index (χ2v) is 8.34. The van der Waals surface area contributed by atoms with Crippen molar-refractivity contribution in [2.75, 3.05) is 0 Å². The van der Waals surface area contributed by atoms with E-state index in [1.54, 1.807) is 12.1 Å². The molecule has 0 unspecified atom stereocenters. The van der Waals surface area contributed by atoms with Gasteiger partial charge >= 0.3 is 15.6 Å². The van der Waals surface area contributed by atoms with Gasteiger partial charge in [0, 0.05) is 5.56 Å². The quantitative estimate of drug-likeness (QED) is 0.238. The van der Waals surface area contributed by atoms with Crippen LogP contribution >= 0.6 is 0 Å². The molecular weight excluding hydrogens is 417 g/mol. The molecule has 0 radical (unpaired) electrons. The Morgan fingerprint density at radius 1 is 0.967 bits per heavy atom. The highest BCUT2D eigenvalue weighted by atomic mass is 32.2. The van der Waals surface area contributed by atoms with Gasteiger partial charge in [0.25, 0.3) is 0 Å². The third-order valence-electron chi connectivity index (χ3n) is 4.32. The Bertz CT molecular complexity index is 910. The lowest BCUT2D eigenvalue weighted by molar-refractivity contribution is -0.0500. The average molecular weight is 443 g/mol. The van der Waals surface area contributed by atoms with Crippen molar-refractivity contribution in [1.82, 2.24) is 9.97 Å². The van der Waals surface area contributed by atoms with E-state index in [4.69, 9.17) is 0 Å². The minimum Gasteiger partial charge on any atom is -0.373 e. The van der Waals surface area contributed by atoms with Crippen LogP contribution < -0.4 is 4.18 Å². The molecular formula is C21H25F3N2O3S. The number of alkyl halides is 3. The van der Waals surface area contributed by atoms with Crippen molar-refractivity contribution < 1.29 is 25.8 Å². The minimum absolute atomic E-state index is 0.245. The Hall–Kier alpha value is -2.42. The first kappa shape index (κ1) is 23.9. The van der Waals surface area contributed by atoms with Crippen LogP contribution in [0.4, 0.5) is 13.2 Å². The van der Waals surface area contributed by atoms with Crippen LogP contribution in [0.15, 0.2) is 42.7 Å². The van der Waals surface area contributed by atoms with Gasteiger partial charge < -0.3 is 4.18 Å². The molecule has 164 valence electrons. The summed E-state index contributed by atoms with van der Waals surface area (Å²) < 4.78 is 63.0. The third-order valence-corrected chi connectivity index (χ3v) is 5.30. The molecule has 0 aliphatic heterocycles. The lowest BCUT2D eigenvalue weighted by Crippen LogP contribution is -2.28. The zero-order chi connectivity index (χ0) is 22.0. The van der Waals surface area contributed by atoms with E-state index in [0.717, 1.165) is 24.4 Å². The van der Waals surface area contributed by atoms with Gasteiger partial charge in [-0.1, -0.05) is 75.4 Å². The Morgan fingerprint density at radius 3 is 2.17 bits per heavy atom. The Labute approximate surface area is 175 Å². The minimum atomic E-state index is -5.74. The number of benzene rings is 1. The van der Waals surface area contributed by atoms with Gasteiger partial charge in [0.15, 0.2) is 11.6 Å². The number of unbranched alkanes of at least 4 members (excludes halogenated alkanes) is 6. The predicted octanol–water partition coefficient (Wildman–Crippen LogP) is 6.14. The zero-order valence-corrected chi connectivity index (χ0v) is 17.5. The summed E-state index contributed by atoms with van der Waals surface area (Å²) in [7, 11) is -5.74. The molecule has 0 saturated heterocycles. The highest BCUT2D eigenvalue weighted by Crippen LogP contribution is 2.27. The average Bonchev–Trinajstić information content (AvgIpc) is 2.70. The molecule has 1 aromatic heterocycles. The Balaban J connectivity index is 1.88. The normalized spacial score (nSPS) is 12.4. The molecule has 5 nitrogen and oxygen atoms in total. The maximum atomic E-state index is 12.3. The summed E-state index contributed by atoms with van der Waals surface area (Å²) in [6.07, 6.45) is 14.5. The summed E-state index contributed by atoms with van der Waals surface area (Å²) >= 11 is 0. The summed E-state index contributed by atoms with van der Waals surface area (Å²) in [6, 6.07) is 7.34. The van der Waals surface area contributed by atoms with E-state index in [0.29, 0.717) is 5.56 Å². The fourth-order valence-electron chi connectivity index (χ4n) is 2.69. The standard InChI is InChI=1S/C21H25F3N2O3S/c1-2-3-4-5-6-7-8-9-10-17-11-13-18(14-12-17)20-25-15-19(16-26-20)29-30(27,28)21(22,23)24/h9-16H,2-8H2,1H3/b10-9+. The van der Waals surface area contributed by atoms with Crippen molar-refractivity contribution in [1.29, 1.82) is 0 Å². The molecule has 0 bridgehead atoms. The van der Waals surface area contributed by atoms with Crippen molar-refractivity contribution in [3.05, 3.63) is 48.3 Å². The summed E-state index contributed by atoms with van der Waals surface area (Å²) in [4.78, 5) is 7.75. The van der Waals surface area contributed by atoms with Crippen molar-refractivity contribution in [2.24, 2.45) is 0 Å². The molecule has 9 heteroatoms. The molecule has 0 aliphatic rings. The monoisotopic (exact) mass is 442 g/mol. The van der Waals surface area contributed by atoms with E-state index in [-0.39, 0.29) is 5.82 Å². The smallest absolute Gasteiger partial charge is 0.373 e. The third kappa shape index (κ3) is 7.44. The van der Waals surface area contributed by atoms with Crippen molar-refractivity contribution in [3.63, 3.8) is 0 Å². The number of halogens is 3. The zero-order valence-electron chi connectivity index (χ0n) is 16.7. The number of aromatic nitrogens is 2. The maximum Gasteiger partial charge on any atom is 0.534 e. The second-order valence-electron chi connectivity index (χ2n) is 6.81. The highest BCUT2D eigenvalue weighted by Gasteiger charge is 2.48. The van der Waals surface area contributed by atoms with Crippen molar-refractivity contribution in [3.8, 4) is 17.1 Å². The van der Waals surface area contributed by atoms with Gasteiger partial charge in [-0.3, -0.25) is 0 Å². The lowest BCUT2D eigenvalue weighted by atomic mass is 10.1. The van der Waals surface area contributed by atoms with Crippen LogP contribution in [0.3, 0.4) is 0 Å². The molecule has 0 aliphatic carbocycles. The maximum absolute atomic E-state index is 12.3. The van der Waals surface area contributed by atoms with Crippen molar-refractivity contribution in [2.45, 2.75) is 57.4 Å². The topological polar surface area (TPSA) is 69.2 Å². The van der Waals surface area contributed by atoms with Crippen LogP contribution in [0.5, 0.6) is 5.75 Å². The fourth-order valence-corrected chi connectivity index (χ4v) is 3.12. The molecule has 0 saturated carbocycles. The van der Waals surface area contributed by atoms with Crippen LogP contribution in [-0.2, 0) is 10.1 Å². The molecule has 0 N–H and O–H groups in total. The molecule has 30 heavy (non-hydrogen) atoms. The predicted molar refractivity (Wildman–Crippen MR) is 110 cm³/mol. The first-order chi connectivity index (χ1) is 14.2. The largest absolute Gasteiger partial charge is 0.534 e. The van der Waals surface area contributed by atoms with Gasteiger partial charge in [0.1, 0.15) is 0 Å². The second kappa shape index (κ2) is 11.1. The molecule has 0 atom stereocenters. The summed E-state index contributed by atoms with van der Waals surface area (Å²) in [5.74, 6) is -0.361. The number of hydrogen-bond donors (Lipinski definition) is 0. The lowest BCUT2D eigenvalue weighted by Gasteiger charge is -2.09. The van der Waals surface area contributed by atoms with E-state index in [1.807, 2.05) is 18.2 Å². The van der Waals surface area contributed by atoms with Gasteiger partial charge in [0.2, 0.25) is 0 Å². The van der Waals surface area contributed by atoms with E-state index in [1.165, 1.54) is 38.5 Å². The molecule has 2 aromatic rings. The van der Waals surface area contributed by atoms with Gasteiger partial charge in [0.05, 0.1) is 12.4 Å². The van der Waals surface area contributed by atoms with Gasteiger partial charge in [-0.2, -0.15) is 21.6 Å². The van der Waals surface area contributed by atoms with Crippen LogP contribution in [0.1, 0.15) is 57.4 Å². The van der Waals surface area contributed by atoms with Crippen LogP contribution in [-0.4, -0.2) is 23.9 Å².